The SMILES string of the molecule is O=[N+]([O-])c1ccc(OC(F)F)c(CN2CC[C@@H](N3CC=CC3)C2)c1. The number of nitro groups is 1. The van der Waals surface area contributed by atoms with Gasteiger partial charge in [0.2, 0.25) is 0 Å². The Balaban J connectivity index is 1.70. The summed E-state index contributed by atoms with van der Waals surface area (Å²) in [5, 5.41) is 10.9. The number of nitrogens with zero attached hydrogens (tertiary/aromatic N) is 3. The third-order valence-electron chi connectivity index (χ3n) is 4.48. The summed E-state index contributed by atoms with van der Waals surface area (Å²) in [7, 11) is 0. The minimum absolute atomic E-state index is 0.00175. The second kappa shape index (κ2) is 7.23. The van der Waals surface area contributed by atoms with Crippen molar-refractivity contribution in [2.45, 2.75) is 25.6 Å². The number of nitro benzene ring substituents is 1. The molecule has 1 atom stereocenters. The summed E-state index contributed by atoms with van der Waals surface area (Å²) in [6.07, 6.45) is 5.28. The van der Waals surface area contributed by atoms with Gasteiger partial charge in [0.25, 0.3) is 5.69 Å². The molecule has 130 valence electrons. The number of non-ortho nitro benzene ring substituents is 1. The number of ether oxygens (including phenoxy) is 1. The van der Waals surface area contributed by atoms with Crippen LogP contribution in [0.2, 0.25) is 0 Å². The fraction of sp³-hybridized carbons (Fsp3) is 0.500. The number of hydrogen-bond acceptors (Lipinski definition) is 5. The van der Waals surface area contributed by atoms with E-state index in [-0.39, 0.29) is 11.4 Å². The Bertz CT molecular complexity index is 631. The molecule has 1 aromatic carbocycles. The van der Waals surface area contributed by atoms with Crippen LogP contribution in [0.15, 0.2) is 30.4 Å². The molecule has 0 bridgehead atoms. The molecule has 0 saturated carbocycles. The zero-order valence-corrected chi connectivity index (χ0v) is 13.1. The minimum Gasteiger partial charge on any atom is -0.434 e. The first-order chi connectivity index (χ1) is 11.5. The molecule has 8 heteroatoms. The van der Waals surface area contributed by atoms with Crippen LogP contribution in [0, 0.1) is 10.1 Å². The molecule has 0 aromatic heterocycles. The van der Waals surface area contributed by atoms with Crippen LogP contribution in [-0.2, 0) is 6.54 Å². The molecule has 1 saturated heterocycles. The van der Waals surface area contributed by atoms with E-state index in [1.807, 2.05) is 0 Å². The van der Waals surface area contributed by atoms with Gasteiger partial charge in [-0.2, -0.15) is 8.78 Å². The molecule has 1 fully saturated rings. The smallest absolute Gasteiger partial charge is 0.387 e. The van der Waals surface area contributed by atoms with Crippen molar-refractivity contribution in [1.82, 2.24) is 9.80 Å². The highest BCUT2D eigenvalue weighted by atomic mass is 19.3. The summed E-state index contributed by atoms with van der Waals surface area (Å²) in [5.74, 6) is 0.00175. The molecule has 0 amide bonds. The standard InChI is InChI=1S/C16H19F2N3O3/c17-16(18)24-15-4-3-13(21(22)23)9-12(15)10-19-8-5-14(11-19)20-6-1-2-7-20/h1-4,9,14,16H,5-8,10-11H2/t14-/m1/s1. The molecule has 3 rings (SSSR count). The van der Waals surface area contributed by atoms with Gasteiger partial charge in [-0.25, -0.2) is 0 Å². The van der Waals surface area contributed by atoms with E-state index in [2.05, 4.69) is 26.7 Å². The van der Waals surface area contributed by atoms with Gasteiger partial charge in [0.1, 0.15) is 5.75 Å². The maximum Gasteiger partial charge on any atom is 0.387 e. The third-order valence-corrected chi connectivity index (χ3v) is 4.48. The Morgan fingerprint density at radius 3 is 2.75 bits per heavy atom. The molecule has 0 unspecified atom stereocenters. The van der Waals surface area contributed by atoms with E-state index in [9.17, 15) is 18.9 Å². The number of hydrogen-bond donors (Lipinski definition) is 0. The van der Waals surface area contributed by atoms with E-state index in [0.717, 1.165) is 32.6 Å². The molecule has 2 aliphatic heterocycles. The molecule has 2 heterocycles. The molecule has 2 aliphatic rings. The van der Waals surface area contributed by atoms with E-state index >= 15 is 0 Å². The lowest BCUT2D eigenvalue weighted by atomic mass is 10.1. The number of benzene rings is 1. The van der Waals surface area contributed by atoms with Gasteiger partial charge >= 0.3 is 6.61 Å². The first-order valence-electron chi connectivity index (χ1n) is 7.86. The topological polar surface area (TPSA) is 58.9 Å². The summed E-state index contributed by atoms with van der Waals surface area (Å²) >= 11 is 0. The first kappa shape index (κ1) is 16.8. The quantitative estimate of drug-likeness (QED) is 0.453. The van der Waals surface area contributed by atoms with Gasteiger partial charge in [-0.05, 0) is 12.5 Å². The van der Waals surface area contributed by atoms with Gasteiger partial charge in [0, 0.05) is 56.5 Å². The van der Waals surface area contributed by atoms with Gasteiger partial charge in [-0.15, -0.1) is 0 Å². The highest BCUT2D eigenvalue weighted by Crippen LogP contribution is 2.28. The number of halogens is 2. The highest BCUT2D eigenvalue weighted by molar-refractivity contribution is 5.44. The lowest BCUT2D eigenvalue weighted by molar-refractivity contribution is -0.385. The number of likely N-dealkylation sites (tertiary alicyclic amines) is 1. The van der Waals surface area contributed by atoms with E-state index in [0.29, 0.717) is 18.2 Å². The summed E-state index contributed by atoms with van der Waals surface area (Å²) in [4.78, 5) is 14.9. The Kier molecular flexibility index (Phi) is 5.06. The molecule has 0 N–H and O–H groups in total. The van der Waals surface area contributed by atoms with Crippen LogP contribution in [0.5, 0.6) is 5.75 Å². The predicted octanol–water partition coefficient (Wildman–Crippen LogP) is 2.64. The average Bonchev–Trinajstić information content (AvgIpc) is 3.19. The summed E-state index contributed by atoms with van der Waals surface area (Å²) in [5.41, 5.74) is 0.302. The van der Waals surface area contributed by atoms with Crippen LogP contribution in [0.4, 0.5) is 14.5 Å². The Labute approximate surface area is 138 Å². The lowest BCUT2D eigenvalue weighted by Crippen LogP contribution is -2.35. The van der Waals surface area contributed by atoms with E-state index < -0.39 is 11.5 Å². The normalized spacial score (nSPS) is 21.7. The molecular formula is C16H19F2N3O3. The Morgan fingerprint density at radius 1 is 1.33 bits per heavy atom. The fourth-order valence-electron chi connectivity index (χ4n) is 3.30. The van der Waals surface area contributed by atoms with Gasteiger partial charge in [0.15, 0.2) is 0 Å². The molecule has 0 aliphatic carbocycles. The van der Waals surface area contributed by atoms with Gasteiger partial charge in [-0.3, -0.25) is 19.9 Å². The van der Waals surface area contributed by atoms with Crippen molar-refractivity contribution in [3.8, 4) is 5.75 Å². The van der Waals surface area contributed by atoms with Crippen LogP contribution < -0.4 is 4.74 Å². The second-order valence-electron chi connectivity index (χ2n) is 6.03. The largest absolute Gasteiger partial charge is 0.434 e. The maximum absolute atomic E-state index is 12.6. The van der Waals surface area contributed by atoms with Crippen molar-refractivity contribution >= 4 is 5.69 Å². The average molecular weight is 339 g/mol. The first-order valence-corrected chi connectivity index (χ1v) is 7.86. The van der Waals surface area contributed by atoms with E-state index in [4.69, 9.17) is 0 Å². The van der Waals surface area contributed by atoms with Crippen molar-refractivity contribution in [3.05, 3.63) is 46.0 Å². The van der Waals surface area contributed by atoms with E-state index in [1.165, 1.54) is 18.2 Å². The molecule has 24 heavy (non-hydrogen) atoms. The summed E-state index contributed by atoms with van der Waals surface area (Å²) in [6, 6.07) is 4.18. The molecule has 0 radical (unpaired) electrons. The lowest BCUT2D eigenvalue weighted by Gasteiger charge is -2.24. The van der Waals surface area contributed by atoms with Gasteiger partial charge in [0.05, 0.1) is 4.92 Å². The zero-order chi connectivity index (χ0) is 17.1. The number of rotatable bonds is 6. The molecule has 0 spiro atoms. The Hall–Kier alpha value is -2.06. The van der Waals surface area contributed by atoms with Crippen LogP contribution >= 0.6 is 0 Å². The monoisotopic (exact) mass is 339 g/mol. The van der Waals surface area contributed by atoms with Crippen LogP contribution in [-0.4, -0.2) is 53.6 Å². The van der Waals surface area contributed by atoms with Crippen molar-refractivity contribution in [1.29, 1.82) is 0 Å². The van der Waals surface area contributed by atoms with Crippen LogP contribution in [0.1, 0.15) is 12.0 Å². The summed E-state index contributed by atoms with van der Waals surface area (Å²) in [6.45, 7) is 0.939. The minimum atomic E-state index is -2.95. The van der Waals surface area contributed by atoms with Crippen molar-refractivity contribution in [3.63, 3.8) is 0 Å². The second-order valence-corrected chi connectivity index (χ2v) is 6.03. The predicted molar refractivity (Wildman–Crippen MR) is 84.1 cm³/mol. The highest BCUT2D eigenvalue weighted by Gasteiger charge is 2.28. The molecular weight excluding hydrogens is 320 g/mol. The maximum atomic E-state index is 12.6. The van der Waals surface area contributed by atoms with Crippen molar-refractivity contribution in [2.24, 2.45) is 0 Å². The zero-order valence-electron chi connectivity index (χ0n) is 13.1. The van der Waals surface area contributed by atoms with Crippen molar-refractivity contribution < 1.29 is 18.4 Å². The Morgan fingerprint density at radius 2 is 2.08 bits per heavy atom. The fourth-order valence-corrected chi connectivity index (χ4v) is 3.30. The molecule has 1 aromatic rings. The number of alkyl halides is 2. The van der Waals surface area contributed by atoms with Crippen LogP contribution in [0.25, 0.3) is 0 Å². The van der Waals surface area contributed by atoms with Crippen molar-refractivity contribution in [2.75, 3.05) is 26.2 Å². The van der Waals surface area contributed by atoms with Gasteiger partial charge < -0.3 is 4.74 Å². The van der Waals surface area contributed by atoms with E-state index in [1.54, 1.807) is 0 Å². The van der Waals surface area contributed by atoms with Gasteiger partial charge in [-0.1, -0.05) is 12.2 Å². The third kappa shape index (κ3) is 3.88. The summed E-state index contributed by atoms with van der Waals surface area (Å²) < 4.78 is 29.6. The van der Waals surface area contributed by atoms with Crippen LogP contribution in [0.3, 0.4) is 0 Å². The molecule has 6 nitrogen and oxygen atoms in total.